The van der Waals surface area contributed by atoms with E-state index < -0.39 is 5.91 Å². The van der Waals surface area contributed by atoms with Gasteiger partial charge in [0.1, 0.15) is 5.82 Å². The molecule has 0 aliphatic heterocycles. The molecule has 0 radical (unpaired) electrons. The highest BCUT2D eigenvalue weighted by Gasteiger charge is 2.16. The van der Waals surface area contributed by atoms with Crippen LogP contribution in [-0.4, -0.2) is 26.2 Å². The summed E-state index contributed by atoms with van der Waals surface area (Å²) in [6, 6.07) is 0. The number of amides is 1. The minimum Gasteiger partial charge on any atom is -0.338 e. The zero-order chi connectivity index (χ0) is 11.7. The Balaban J connectivity index is 2.17. The van der Waals surface area contributed by atoms with E-state index in [-0.39, 0.29) is 5.82 Å². The molecule has 7 heteroatoms. The van der Waals surface area contributed by atoms with Crippen molar-refractivity contribution < 1.29 is 9.32 Å². The number of carbonyl (C=O) groups is 1. The fraction of sp³-hybridized carbons (Fsp3) is 0.333. The van der Waals surface area contributed by atoms with Gasteiger partial charge in [0.05, 0.1) is 5.69 Å². The van der Waals surface area contributed by atoms with Crippen molar-refractivity contribution >= 4 is 11.8 Å². The lowest BCUT2D eigenvalue weighted by Crippen LogP contribution is -2.14. The van der Waals surface area contributed by atoms with Gasteiger partial charge in [0.25, 0.3) is 5.91 Å². The lowest BCUT2D eigenvalue weighted by atomic mass is 10.3. The predicted octanol–water partition coefficient (Wildman–Crippen LogP) is 0.970. The van der Waals surface area contributed by atoms with Crippen molar-refractivity contribution in [2.45, 2.75) is 20.8 Å². The maximum atomic E-state index is 11.6. The van der Waals surface area contributed by atoms with E-state index in [1.165, 1.54) is 0 Å². The molecule has 84 valence electrons. The van der Waals surface area contributed by atoms with Gasteiger partial charge in [0, 0.05) is 5.56 Å². The summed E-state index contributed by atoms with van der Waals surface area (Å²) in [5.74, 6) is 0.551. The van der Waals surface area contributed by atoms with Crippen LogP contribution in [0.4, 0.5) is 5.88 Å². The number of anilines is 1. The van der Waals surface area contributed by atoms with Crippen LogP contribution in [0.15, 0.2) is 4.52 Å². The van der Waals surface area contributed by atoms with Crippen molar-refractivity contribution in [1.29, 1.82) is 0 Å². The number of rotatable bonds is 2. The lowest BCUT2D eigenvalue weighted by molar-refractivity contribution is 0.101. The number of nitrogens with zero attached hydrogens (tertiary/aromatic N) is 3. The van der Waals surface area contributed by atoms with Crippen molar-refractivity contribution in [2.75, 3.05) is 5.32 Å². The highest BCUT2D eigenvalue weighted by atomic mass is 16.5. The van der Waals surface area contributed by atoms with Gasteiger partial charge in [-0.25, -0.2) is 4.98 Å². The quantitative estimate of drug-likeness (QED) is 0.787. The summed E-state index contributed by atoms with van der Waals surface area (Å²) in [6.07, 6.45) is 0. The molecule has 0 aromatic carbocycles. The molecule has 2 rings (SSSR count). The summed E-state index contributed by atoms with van der Waals surface area (Å²) in [6.45, 7) is 5.32. The van der Waals surface area contributed by atoms with Crippen LogP contribution in [0.3, 0.4) is 0 Å². The Morgan fingerprint density at radius 2 is 2.12 bits per heavy atom. The van der Waals surface area contributed by atoms with Gasteiger partial charge in [0.2, 0.25) is 11.7 Å². The first-order chi connectivity index (χ1) is 7.58. The zero-order valence-electron chi connectivity index (χ0n) is 9.16. The standard InChI is InChI=1S/C9H11N5O2/c1-4-5(2)14-16-9(4)11-8(15)7-10-6(3)12-13-7/h1-3H3,(H,11,15)(H,10,12,13). The van der Waals surface area contributed by atoms with Crippen LogP contribution in [0.25, 0.3) is 0 Å². The van der Waals surface area contributed by atoms with Crippen molar-refractivity contribution in [2.24, 2.45) is 0 Å². The van der Waals surface area contributed by atoms with Gasteiger partial charge in [-0.3, -0.25) is 15.2 Å². The van der Waals surface area contributed by atoms with E-state index in [0.29, 0.717) is 11.7 Å². The van der Waals surface area contributed by atoms with Gasteiger partial charge in [-0.15, -0.1) is 5.10 Å². The van der Waals surface area contributed by atoms with Crippen molar-refractivity contribution in [3.63, 3.8) is 0 Å². The van der Waals surface area contributed by atoms with E-state index in [1.54, 1.807) is 13.8 Å². The molecule has 16 heavy (non-hydrogen) atoms. The van der Waals surface area contributed by atoms with E-state index in [9.17, 15) is 4.79 Å². The van der Waals surface area contributed by atoms with Crippen LogP contribution in [0, 0.1) is 20.8 Å². The van der Waals surface area contributed by atoms with Crippen LogP contribution in [0.1, 0.15) is 27.7 Å². The van der Waals surface area contributed by atoms with E-state index in [4.69, 9.17) is 4.52 Å². The summed E-state index contributed by atoms with van der Waals surface area (Å²) in [7, 11) is 0. The average Bonchev–Trinajstić information content (AvgIpc) is 2.79. The van der Waals surface area contributed by atoms with Crippen LogP contribution >= 0.6 is 0 Å². The molecule has 0 fully saturated rings. The summed E-state index contributed by atoms with van der Waals surface area (Å²) in [5.41, 5.74) is 1.53. The first-order valence-corrected chi connectivity index (χ1v) is 4.71. The Kier molecular flexibility index (Phi) is 2.43. The van der Waals surface area contributed by atoms with Gasteiger partial charge in [-0.1, -0.05) is 5.16 Å². The molecule has 0 atom stereocenters. The number of carbonyl (C=O) groups excluding carboxylic acids is 1. The van der Waals surface area contributed by atoms with Gasteiger partial charge >= 0.3 is 0 Å². The molecular weight excluding hydrogens is 210 g/mol. The molecule has 0 unspecified atom stereocenters. The van der Waals surface area contributed by atoms with E-state index in [2.05, 4.69) is 25.7 Å². The minimum absolute atomic E-state index is 0.0750. The van der Waals surface area contributed by atoms with Gasteiger partial charge in [-0.05, 0) is 20.8 Å². The fourth-order valence-electron chi connectivity index (χ4n) is 1.14. The largest absolute Gasteiger partial charge is 0.338 e. The van der Waals surface area contributed by atoms with E-state index in [0.717, 1.165) is 11.3 Å². The molecule has 0 aliphatic rings. The maximum absolute atomic E-state index is 11.6. The molecule has 0 spiro atoms. The average molecular weight is 221 g/mol. The summed E-state index contributed by atoms with van der Waals surface area (Å²) < 4.78 is 4.95. The van der Waals surface area contributed by atoms with E-state index >= 15 is 0 Å². The fourth-order valence-corrected chi connectivity index (χ4v) is 1.14. The molecule has 0 saturated heterocycles. The van der Waals surface area contributed by atoms with Crippen LogP contribution in [0.2, 0.25) is 0 Å². The maximum Gasteiger partial charge on any atom is 0.297 e. The second kappa shape index (κ2) is 3.76. The Labute approximate surface area is 91.2 Å². The number of hydrogen-bond acceptors (Lipinski definition) is 5. The lowest BCUT2D eigenvalue weighted by Gasteiger charge is -1.97. The van der Waals surface area contributed by atoms with Gasteiger partial charge in [-0.2, -0.15) is 0 Å². The van der Waals surface area contributed by atoms with Crippen molar-refractivity contribution in [1.82, 2.24) is 20.3 Å². The Morgan fingerprint density at radius 1 is 1.38 bits per heavy atom. The van der Waals surface area contributed by atoms with Crippen LogP contribution < -0.4 is 5.32 Å². The monoisotopic (exact) mass is 221 g/mol. The highest BCUT2D eigenvalue weighted by molar-refractivity contribution is 6.01. The second-order valence-electron chi connectivity index (χ2n) is 3.42. The summed E-state index contributed by atoms with van der Waals surface area (Å²) >= 11 is 0. The summed E-state index contributed by atoms with van der Waals surface area (Å²) in [5, 5.41) is 12.6. The second-order valence-corrected chi connectivity index (χ2v) is 3.42. The zero-order valence-corrected chi connectivity index (χ0v) is 9.16. The normalized spacial score (nSPS) is 10.4. The SMILES string of the molecule is Cc1nc(C(=O)Nc2onc(C)c2C)n[nH]1. The molecule has 1 amide bonds. The Hall–Kier alpha value is -2.18. The number of aromatic amines is 1. The Bertz CT molecular complexity index is 528. The first-order valence-electron chi connectivity index (χ1n) is 4.71. The number of aromatic nitrogens is 4. The molecular formula is C9H11N5O2. The smallest absolute Gasteiger partial charge is 0.297 e. The molecule has 2 aromatic rings. The number of H-pyrrole nitrogens is 1. The topological polar surface area (TPSA) is 96.7 Å². The third-order valence-corrected chi connectivity index (χ3v) is 2.18. The molecule has 7 nitrogen and oxygen atoms in total. The van der Waals surface area contributed by atoms with Crippen LogP contribution in [-0.2, 0) is 0 Å². The molecule has 0 aliphatic carbocycles. The predicted molar refractivity (Wildman–Crippen MR) is 55.0 cm³/mol. The molecule has 0 saturated carbocycles. The minimum atomic E-state index is -0.427. The molecule has 2 heterocycles. The third-order valence-electron chi connectivity index (χ3n) is 2.18. The highest BCUT2D eigenvalue weighted by Crippen LogP contribution is 2.17. The molecule has 2 aromatic heterocycles. The van der Waals surface area contributed by atoms with Gasteiger partial charge in [0.15, 0.2) is 0 Å². The van der Waals surface area contributed by atoms with Crippen molar-refractivity contribution in [3.05, 3.63) is 22.9 Å². The van der Waals surface area contributed by atoms with Crippen molar-refractivity contribution in [3.8, 4) is 0 Å². The first kappa shape index (κ1) is 10.3. The van der Waals surface area contributed by atoms with Gasteiger partial charge < -0.3 is 4.52 Å². The molecule has 2 N–H and O–H groups in total. The molecule has 0 bridgehead atoms. The number of hydrogen-bond donors (Lipinski definition) is 2. The third kappa shape index (κ3) is 1.79. The Morgan fingerprint density at radius 3 is 2.62 bits per heavy atom. The number of aryl methyl sites for hydroxylation is 2. The summed E-state index contributed by atoms with van der Waals surface area (Å²) in [4.78, 5) is 15.5. The number of nitrogens with one attached hydrogen (secondary N) is 2. The van der Waals surface area contributed by atoms with Crippen LogP contribution in [0.5, 0.6) is 0 Å². The van der Waals surface area contributed by atoms with E-state index in [1.807, 2.05) is 6.92 Å².